The van der Waals surface area contributed by atoms with Crippen molar-refractivity contribution in [3.63, 3.8) is 0 Å². The van der Waals surface area contributed by atoms with Crippen LogP contribution < -0.4 is 0 Å². The molecule has 0 aromatic carbocycles. The smallest absolute Gasteiger partial charge is 0.136 e. The number of hydrogen-bond acceptors (Lipinski definition) is 1. The molecule has 0 aliphatic heterocycles. The number of fused-ring (bicyclic) bond motifs is 1. The molecule has 92 valence electrons. The minimum atomic E-state index is 0.307. The van der Waals surface area contributed by atoms with E-state index in [1.54, 1.807) is 0 Å². The van der Waals surface area contributed by atoms with Gasteiger partial charge < -0.3 is 0 Å². The summed E-state index contributed by atoms with van der Waals surface area (Å²) in [5, 5.41) is 0. The number of ketones is 1. The zero-order valence-corrected chi connectivity index (χ0v) is 11.3. The predicted molar refractivity (Wildman–Crippen MR) is 67.2 cm³/mol. The summed E-state index contributed by atoms with van der Waals surface area (Å²) in [6.45, 7) is 9.15. The van der Waals surface area contributed by atoms with E-state index in [2.05, 4.69) is 27.7 Å². The van der Waals surface area contributed by atoms with Gasteiger partial charge in [0.1, 0.15) is 5.78 Å². The van der Waals surface area contributed by atoms with Crippen LogP contribution in [0.25, 0.3) is 0 Å². The van der Waals surface area contributed by atoms with Gasteiger partial charge in [0.2, 0.25) is 0 Å². The highest BCUT2D eigenvalue weighted by Gasteiger charge is 2.43. The van der Waals surface area contributed by atoms with Crippen molar-refractivity contribution in [1.82, 2.24) is 0 Å². The van der Waals surface area contributed by atoms with E-state index in [1.165, 1.54) is 25.7 Å². The maximum Gasteiger partial charge on any atom is 0.136 e. The van der Waals surface area contributed by atoms with E-state index < -0.39 is 0 Å². The zero-order chi connectivity index (χ0) is 11.9. The lowest BCUT2D eigenvalue weighted by molar-refractivity contribution is -0.134. The molecule has 1 nitrogen and oxygen atoms in total. The Balaban J connectivity index is 2.13. The quantitative estimate of drug-likeness (QED) is 0.604. The molecule has 0 unspecified atom stereocenters. The van der Waals surface area contributed by atoms with Crippen molar-refractivity contribution in [3.8, 4) is 0 Å². The van der Waals surface area contributed by atoms with Crippen molar-refractivity contribution in [2.45, 2.75) is 59.8 Å². The minimum absolute atomic E-state index is 0.307. The van der Waals surface area contributed by atoms with Crippen LogP contribution in [0.2, 0.25) is 0 Å². The molecule has 0 amide bonds. The van der Waals surface area contributed by atoms with E-state index in [0.29, 0.717) is 34.9 Å². The molecule has 0 bridgehead atoms. The van der Waals surface area contributed by atoms with Crippen LogP contribution in [-0.2, 0) is 4.79 Å². The fourth-order valence-corrected chi connectivity index (χ4v) is 3.86. The Morgan fingerprint density at radius 3 is 2.50 bits per heavy atom. The molecule has 2 aliphatic rings. The summed E-state index contributed by atoms with van der Waals surface area (Å²) in [7, 11) is 0. The maximum atomic E-state index is 12.3. The molecule has 0 heterocycles. The second kappa shape index (κ2) is 4.16. The monoisotopic (exact) mass is 222 g/mol. The summed E-state index contributed by atoms with van der Waals surface area (Å²) in [6.07, 6.45) is 6.05. The maximum absolute atomic E-state index is 12.3. The van der Waals surface area contributed by atoms with Gasteiger partial charge in [0.05, 0.1) is 0 Å². The van der Waals surface area contributed by atoms with Gasteiger partial charge in [-0.15, -0.1) is 0 Å². The highest BCUT2D eigenvalue weighted by atomic mass is 16.1. The summed E-state index contributed by atoms with van der Waals surface area (Å²) < 4.78 is 0. The Bertz CT molecular complexity index is 274. The fraction of sp³-hybridized carbons (Fsp3) is 0.933. The first-order valence-corrected chi connectivity index (χ1v) is 6.92. The van der Waals surface area contributed by atoms with Crippen LogP contribution in [0, 0.1) is 29.1 Å². The molecule has 0 radical (unpaired) electrons. The molecule has 0 N–H and O–H groups in total. The molecule has 2 fully saturated rings. The van der Waals surface area contributed by atoms with Crippen molar-refractivity contribution < 1.29 is 4.79 Å². The SMILES string of the molecule is C[C@@H]1CCC[C@@H]2C[C@@H](C(C)(C)C)CC(=O)[C@@H]21. The molecule has 2 rings (SSSR count). The Morgan fingerprint density at radius 1 is 1.19 bits per heavy atom. The summed E-state index contributed by atoms with van der Waals surface area (Å²) in [6, 6.07) is 0. The van der Waals surface area contributed by atoms with Crippen molar-refractivity contribution in [1.29, 1.82) is 0 Å². The van der Waals surface area contributed by atoms with Crippen LogP contribution in [0.1, 0.15) is 59.8 Å². The largest absolute Gasteiger partial charge is 0.299 e. The molecule has 16 heavy (non-hydrogen) atoms. The third-order valence-corrected chi connectivity index (χ3v) is 4.99. The van der Waals surface area contributed by atoms with E-state index in [9.17, 15) is 4.79 Å². The Hall–Kier alpha value is -0.330. The van der Waals surface area contributed by atoms with Crippen LogP contribution >= 0.6 is 0 Å². The van der Waals surface area contributed by atoms with Crippen LogP contribution in [0.5, 0.6) is 0 Å². The van der Waals surface area contributed by atoms with Crippen molar-refractivity contribution >= 4 is 5.78 Å². The molecule has 0 spiro atoms. The second-order valence-electron chi connectivity index (χ2n) is 7.16. The van der Waals surface area contributed by atoms with E-state index >= 15 is 0 Å². The first-order valence-electron chi connectivity index (χ1n) is 6.92. The predicted octanol–water partition coefficient (Wildman–Crippen LogP) is 4.06. The van der Waals surface area contributed by atoms with Gasteiger partial charge in [0.25, 0.3) is 0 Å². The Labute approximate surface area is 100.0 Å². The van der Waals surface area contributed by atoms with Crippen LogP contribution in [0.3, 0.4) is 0 Å². The standard InChI is InChI=1S/C15H26O/c1-10-6-5-7-11-8-12(15(2,3)4)9-13(16)14(10)11/h10-12,14H,5-9H2,1-4H3/t10-,11-,12-,14-/m1/s1. The van der Waals surface area contributed by atoms with Gasteiger partial charge >= 0.3 is 0 Å². The average molecular weight is 222 g/mol. The normalized spacial score (nSPS) is 40.6. The van der Waals surface area contributed by atoms with Gasteiger partial charge in [-0.25, -0.2) is 0 Å². The topological polar surface area (TPSA) is 17.1 Å². The van der Waals surface area contributed by atoms with Gasteiger partial charge in [-0.1, -0.05) is 40.5 Å². The number of Topliss-reactive ketones (excluding diaryl/α,β-unsaturated/α-hetero) is 1. The Kier molecular flexibility index (Phi) is 3.16. The Morgan fingerprint density at radius 2 is 1.88 bits per heavy atom. The van der Waals surface area contributed by atoms with Crippen LogP contribution in [0.15, 0.2) is 0 Å². The number of hydrogen-bond donors (Lipinski definition) is 0. The minimum Gasteiger partial charge on any atom is -0.299 e. The lowest BCUT2D eigenvalue weighted by atomic mass is 9.59. The van der Waals surface area contributed by atoms with Gasteiger partial charge in [0, 0.05) is 12.3 Å². The first kappa shape index (κ1) is 12.1. The number of carbonyl (C=O) groups is 1. The highest BCUT2D eigenvalue weighted by Crippen LogP contribution is 2.48. The fourth-order valence-electron chi connectivity index (χ4n) is 3.86. The van der Waals surface area contributed by atoms with E-state index in [0.717, 1.165) is 6.42 Å². The van der Waals surface area contributed by atoms with Gasteiger partial charge in [0.15, 0.2) is 0 Å². The highest BCUT2D eigenvalue weighted by molar-refractivity contribution is 5.82. The molecule has 0 aromatic rings. The van der Waals surface area contributed by atoms with Gasteiger partial charge in [-0.2, -0.15) is 0 Å². The van der Waals surface area contributed by atoms with E-state index in [4.69, 9.17) is 0 Å². The third-order valence-electron chi connectivity index (χ3n) is 4.99. The zero-order valence-electron chi connectivity index (χ0n) is 11.3. The van der Waals surface area contributed by atoms with Crippen molar-refractivity contribution in [2.75, 3.05) is 0 Å². The molecule has 4 atom stereocenters. The number of carbonyl (C=O) groups excluding carboxylic acids is 1. The van der Waals surface area contributed by atoms with Gasteiger partial charge in [-0.3, -0.25) is 4.79 Å². The number of rotatable bonds is 0. The summed E-state index contributed by atoms with van der Waals surface area (Å²) >= 11 is 0. The summed E-state index contributed by atoms with van der Waals surface area (Å²) in [5.41, 5.74) is 0.307. The lowest BCUT2D eigenvalue weighted by Gasteiger charge is -2.45. The van der Waals surface area contributed by atoms with Crippen LogP contribution in [-0.4, -0.2) is 5.78 Å². The molecule has 1 heteroatoms. The molecule has 2 aliphatic carbocycles. The first-order chi connectivity index (χ1) is 7.39. The van der Waals surface area contributed by atoms with Crippen molar-refractivity contribution in [3.05, 3.63) is 0 Å². The lowest BCUT2D eigenvalue weighted by Crippen LogP contribution is -2.42. The molecular formula is C15H26O. The summed E-state index contributed by atoms with van der Waals surface area (Å²) in [4.78, 5) is 12.3. The third kappa shape index (κ3) is 2.19. The molecule has 2 saturated carbocycles. The molecule has 0 saturated heterocycles. The van der Waals surface area contributed by atoms with Crippen LogP contribution in [0.4, 0.5) is 0 Å². The van der Waals surface area contributed by atoms with E-state index in [-0.39, 0.29) is 0 Å². The second-order valence-corrected chi connectivity index (χ2v) is 7.16. The summed E-state index contributed by atoms with van der Waals surface area (Å²) in [5.74, 6) is 2.95. The van der Waals surface area contributed by atoms with Crippen molar-refractivity contribution in [2.24, 2.45) is 29.1 Å². The molecule has 0 aromatic heterocycles. The molecular weight excluding hydrogens is 196 g/mol. The average Bonchev–Trinajstić information content (AvgIpc) is 2.15. The van der Waals surface area contributed by atoms with E-state index in [1.807, 2.05) is 0 Å². The van der Waals surface area contributed by atoms with Gasteiger partial charge in [-0.05, 0) is 36.0 Å².